The molecule has 0 spiro atoms. The molecule has 0 aliphatic carbocycles. The molecule has 0 atom stereocenters. The Hall–Kier alpha value is -1.56. The van der Waals surface area contributed by atoms with Gasteiger partial charge in [0, 0.05) is 5.92 Å². The quantitative estimate of drug-likeness (QED) is 0.698. The van der Waals surface area contributed by atoms with E-state index in [0.29, 0.717) is 11.8 Å². The zero-order valence-electron chi connectivity index (χ0n) is 11.8. The number of benzene rings is 2. The van der Waals surface area contributed by atoms with Gasteiger partial charge in [-0.2, -0.15) is 0 Å². The van der Waals surface area contributed by atoms with Crippen LogP contribution < -0.4 is 0 Å². The summed E-state index contributed by atoms with van der Waals surface area (Å²) in [7, 11) is 0. The van der Waals surface area contributed by atoms with Crippen LogP contribution in [0.25, 0.3) is 0 Å². The Balaban J connectivity index is 2.39. The van der Waals surface area contributed by atoms with Gasteiger partial charge < -0.3 is 0 Å². The Labute approximate surface area is 111 Å². The van der Waals surface area contributed by atoms with Crippen LogP contribution in [-0.4, -0.2) is 0 Å². The monoisotopic (exact) mass is 238 g/mol. The van der Waals surface area contributed by atoms with Crippen LogP contribution in [0.4, 0.5) is 0 Å². The highest BCUT2D eigenvalue weighted by Gasteiger charge is 2.17. The fraction of sp³-hybridized carbons (Fsp3) is 0.333. The van der Waals surface area contributed by atoms with Gasteiger partial charge in [0.2, 0.25) is 0 Å². The van der Waals surface area contributed by atoms with Gasteiger partial charge in [-0.05, 0) is 30.9 Å². The summed E-state index contributed by atoms with van der Waals surface area (Å²) in [5.74, 6) is 1.10. The van der Waals surface area contributed by atoms with E-state index in [1.54, 1.807) is 0 Å². The number of rotatable bonds is 3. The molecule has 0 saturated heterocycles. The van der Waals surface area contributed by atoms with Gasteiger partial charge in [0.25, 0.3) is 0 Å². The molecule has 0 N–H and O–H groups in total. The first-order chi connectivity index (χ1) is 8.58. The van der Waals surface area contributed by atoms with Crippen LogP contribution >= 0.6 is 0 Å². The van der Waals surface area contributed by atoms with Gasteiger partial charge in [-0.15, -0.1) is 0 Å². The fourth-order valence-corrected chi connectivity index (χ4v) is 2.51. The van der Waals surface area contributed by atoms with Gasteiger partial charge in [-0.1, -0.05) is 73.5 Å². The maximum Gasteiger partial charge on any atom is 0.0112 e. The predicted octanol–water partition coefficient (Wildman–Crippen LogP) is 5.09. The van der Waals surface area contributed by atoms with Gasteiger partial charge in [0.1, 0.15) is 0 Å². The third-order valence-corrected chi connectivity index (χ3v) is 3.54. The van der Waals surface area contributed by atoms with Crippen molar-refractivity contribution in [2.75, 3.05) is 0 Å². The van der Waals surface area contributed by atoms with Crippen molar-refractivity contribution in [1.29, 1.82) is 0 Å². The molecule has 0 aromatic heterocycles. The topological polar surface area (TPSA) is 0 Å². The Morgan fingerprint density at radius 3 is 1.22 bits per heavy atom. The number of aryl methyl sites for hydroxylation is 2. The molecule has 2 aromatic rings. The van der Waals surface area contributed by atoms with Crippen molar-refractivity contribution in [3.63, 3.8) is 0 Å². The molecule has 2 rings (SSSR count). The average Bonchev–Trinajstić information content (AvgIpc) is 2.34. The smallest absolute Gasteiger partial charge is 0.0112 e. The van der Waals surface area contributed by atoms with Crippen molar-refractivity contribution in [3.05, 3.63) is 70.8 Å². The predicted molar refractivity (Wildman–Crippen MR) is 79.0 cm³/mol. The number of hydrogen-bond acceptors (Lipinski definition) is 0. The highest BCUT2D eigenvalue weighted by atomic mass is 14.2. The van der Waals surface area contributed by atoms with Crippen LogP contribution in [0.3, 0.4) is 0 Å². The largest absolute Gasteiger partial charge is 0.0619 e. The summed E-state index contributed by atoms with van der Waals surface area (Å²) < 4.78 is 0. The van der Waals surface area contributed by atoms with Crippen LogP contribution in [0.2, 0.25) is 0 Å². The molecule has 0 amide bonds. The van der Waals surface area contributed by atoms with Crippen molar-refractivity contribution in [1.82, 2.24) is 0 Å². The Kier molecular flexibility index (Phi) is 3.86. The van der Waals surface area contributed by atoms with E-state index >= 15 is 0 Å². The molecule has 18 heavy (non-hydrogen) atoms. The lowest BCUT2D eigenvalue weighted by atomic mass is 9.82. The maximum absolute atomic E-state index is 2.30. The van der Waals surface area contributed by atoms with Crippen molar-refractivity contribution in [3.8, 4) is 0 Å². The highest BCUT2D eigenvalue weighted by molar-refractivity contribution is 5.35. The Bertz CT molecular complexity index is 443. The normalized spacial score (nSPS) is 11.2. The zero-order chi connectivity index (χ0) is 13.1. The lowest BCUT2D eigenvalue weighted by Gasteiger charge is -2.22. The third kappa shape index (κ3) is 2.81. The van der Waals surface area contributed by atoms with E-state index in [1.165, 1.54) is 22.3 Å². The summed E-state index contributed by atoms with van der Waals surface area (Å²) in [6.45, 7) is 8.87. The summed E-state index contributed by atoms with van der Waals surface area (Å²) in [6.07, 6.45) is 0. The second-order valence-corrected chi connectivity index (χ2v) is 5.54. The molecule has 0 bridgehead atoms. The van der Waals surface area contributed by atoms with E-state index < -0.39 is 0 Å². The molecular weight excluding hydrogens is 216 g/mol. The minimum atomic E-state index is 0.492. The summed E-state index contributed by atoms with van der Waals surface area (Å²) in [4.78, 5) is 0. The standard InChI is InChI=1S/C18H22/c1-13(2)18(16-9-5-14(3)6-10-16)17-11-7-15(4)8-12-17/h5-13,18H,1-4H3. The van der Waals surface area contributed by atoms with E-state index in [1.807, 2.05) is 0 Å². The molecule has 0 unspecified atom stereocenters. The Morgan fingerprint density at radius 2 is 0.944 bits per heavy atom. The van der Waals surface area contributed by atoms with Gasteiger partial charge in [0.05, 0.1) is 0 Å². The maximum atomic E-state index is 2.30. The van der Waals surface area contributed by atoms with E-state index in [9.17, 15) is 0 Å². The minimum Gasteiger partial charge on any atom is -0.0619 e. The first-order valence-corrected chi connectivity index (χ1v) is 6.71. The molecule has 0 heteroatoms. The van der Waals surface area contributed by atoms with E-state index in [-0.39, 0.29) is 0 Å². The van der Waals surface area contributed by atoms with Crippen molar-refractivity contribution >= 4 is 0 Å². The molecular formula is C18H22. The summed E-state index contributed by atoms with van der Waals surface area (Å²) >= 11 is 0. The molecule has 0 aliphatic rings. The minimum absolute atomic E-state index is 0.492. The van der Waals surface area contributed by atoms with E-state index in [2.05, 4.69) is 76.2 Å². The highest BCUT2D eigenvalue weighted by Crippen LogP contribution is 2.32. The van der Waals surface area contributed by atoms with Crippen molar-refractivity contribution in [2.24, 2.45) is 5.92 Å². The number of hydrogen-bond donors (Lipinski definition) is 0. The molecule has 94 valence electrons. The Morgan fingerprint density at radius 1 is 0.611 bits per heavy atom. The molecule has 0 saturated carbocycles. The first-order valence-electron chi connectivity index (χ1n) is 6.71. The SMILES string of the molecule is Cc1ccc(C(c2ccc(C)cc2)C(C)C)cc1. The first kappa shape index (κ1) is 12.9. The van der Waals surface area contributed by atoms with Crippen LogP contribution in [0.15, 0.2) is 48.5 Å². The second-order valence-electron chi connectivity index (χ2n) is 5.54. The van der Waals surface area contributed by atoms with Crippen molar-refractivity contribution < 1.29 is 0 Å². The van der Waals surface area contributed by atoms with E-state index in [4.69, 9.17) is 0 Å². The second kappa shape index (κ2) is 5.39. The molecule has 0 aliphatic heterocycles. The van der Waals surface area contributed by atoms with Gasteiger partial charge in [-0.25, -0.2) is 0 Å². The lowest BCUT2D eigenvalue weighted by Crippen LogP contribution is -2.08. The summed E-state index contributed by atoms with van der Waals surface area (Å²) in [5, 5.41) is 0. The molecule has 2 aromatic carbocycles. The molecule has 0 heterocycles. The van der Waals surface area contributed by atoms with Crippen molar-refractivity contribution in [2.45, 2.75) is 33.6 Å². The lowest BCUT2D eigenvalue weighted by molar-refractivity contribution is 0.563. The van der Waals surface area contributed by atoms with Crippen LogP contribution in [0.5, 0.6) is 0 Å². The summed E-state index contributed by atoms with van der Waals surface area (Å²) in [6, 6.07) is 17.9. The molecule has 0 radical (unpaired) electrons. The molecule has 0 nitrogen and oxygen atoms in total. The average molecular weight is 238 g/mol. The van der Waals surface area contributed by atoms with Crippen LogP contribution in [-0.2, 0) is 0 Å². The molecule has 0 fully saturated rings. The van der Waals surface area contributed by atoms with Gasteiger partial charge in [-0.3, -0.25) is 0 Å². The van der Waals surface area contributed by atoms with Crippen LogP contribution in [0.1, 0.15) is 42.0 Å². The fourth-order valence-electron chi connectivity index (χ4n) is 2.51. The van der Waals surface area contributed by atoms with Crippen LogP contribution in [0, 0.1) is 19.8 Å². The van der Waals surface area contributed by atoms with Gasteiger partial charge in [0.15, 0.2) is 0 Å². The zero-order valence-corrected chi connectivity index (χ0v) is 11.8. The van der Waals surface area contributed by atoms with E-state index in [0.717, 1.165) is 0 Å². The van der Waals surface area contributed by atoms with Gasteiger partial charge >= 0.3 is 0 Å². The third-order valence-electron chi connectivity index (χ3n) is 3.54. The summed E-state index contributed by atoms with van der Waals surface area (Å²) in [5.41, 5.74) is 5.48.